The van der Waals surface area contributed by atoms with Crippen LogP contribution in [0.4, 0.5) is 0 Å². The number of carbonyl (C=O) groups is 1. The lowest BCUT2D eigenvalue weighted by atomic mass is 10.2. The Morgan fingerprint density at radius 2 is 1.73 bits per heavy atom. The number of halogens is 1. The van der Waals surface area contributed by atoms with Gasteiger partial charge in [-0.3, -0.25) is 4.79 Å². The van der Waals surface area contributed by atoms with Crippen molar-refractivity contribution in [1.29, 1.82) is 0 Å². The summed E-state index contributed by atoms with van der Waals surface area (Å²) < 4.78 is 6.62. The molecule has 0 saturated carbocycles. The summed E-state index contributed by atoms with van der Waals surface area (Å²) in [7, 11) is 0. The van der Waals surface area contributed by atoms with Gasteiger partial charge in [0.05, 0.1) is 6.61 Å². The Morgan fingerprint density at radius 1 is 1.05 bits per heavy atom. The van der Waals surface area contributed by atoms with Gasteiger partial charge in [-0.05, 0) is 56.2 Å². The zero-order valence-corrected chi connectivity index (χ0v) is 14.2. The molecule has 1 N–H and O–H groups in total. The monoisotopic (exact) mass is 361 g/mol. The van der Waals surface area contributed by atoms with Crippen LogP contribution in [0, 0.1) is 6.92 Å². The highest BCUT2D eigenvalue weighted by atomic mass is 79.9. The summed E-state index contributed by atoms with van der Waals surface area (Å²) in [4.78, 5) is 11.9. The third-order valence-corrected chi connectivity index (χ3v) is 3.78. The first-order chi connectivity index (χ1) is 10.6. The van der Waals surface area contributed by atoms with Gasteiger partial charge in [0.1, 0.15) is 5.75 Å². The molecule has 0 aromatic heterocycles. The molecule has 4 heteroatoms. The van der Waals surface area contributed by atoms with Crippen molar-refractivity contribution in [2.75, 3.05) is 13.2 Å². The van der Waals surface area contributed by atoms with E-state index >= 15 is 0 Å². The number of hydrogen-bond donors (Lipinski definition) is 1. The Balaban J connectivity index is 1.60. The number of rotatable bonds is 7. The number of benzene rings is 2. The standard InChI is InChI=1S/C18H20BrNO2/c1-14-4-10-17(11-5-14)22-13-3-2-12-20-18(21)15-6-8-16(19)9-7-15/h4-11H,2-3,12-13H2,1H3,(H,20,21). The van der Waals surface area contributed by atoms with Gasteiger partial charge in [0.15, 0.2) is 0 Å². The Morgan fingerprint density at radius 3 is 2.41 bits per heavy atom. The van der Waals surface area contributed by atoms with E-state index in [4.69, 9.17) is 4.74 Å². The second-order valence-electron chi connectivity index (χ2n) is 5.13. The molecule has 1 amide bonds. The number of carbonyl (C=O) groups excluding carboxylic acids is 1. The SMILES string of the molecule is Cc1ccc(OCCCCNC(=O)c2ccc(Br)cc2)cc1. The van der Waals surface area contributed by atoms with Crippen LogP contribution in [-0.2, 0) is 0 Å². The molecule has 0 fully saturated rings. The minimum absolute atomic E-state index is 0.0352. The molecule has 3 nitrogen and oxygen atoms in total. The maximum Gasteiger partial charge on any atom is 0.251 e. The summed E-state index contributed by atoms with van der Waals surface area (Å²) >= 11 is 3.35. The lowest BCUT2D eigenvalue weighted by molar-refractivity contribution is 0.0952. The number of aryl methyl sites for hydroxylation is 1. The maximum atomic E-state index is 11.9. The van der Waals surface area contributed by atoms with Crippen LogP contribution in [0.5, 0.6) is 5.75 Å². The van der Waals surface area contributed by atoms with Crippen LogP contribution in [-0.4, -0.2) is 19.1 Å². The van der Waals surface area contributed by atoms with Crippen molar-refractivity contribution in [3.63, 3.8) is 0 Å². The van der Waals surface area contributed by atoms with Crippen molar-refractivity contribution in [2.45, 2.75) is 19.8 Å². The van der Waals surface area contributed by atoms with Crippen LogP contribution in [0.15, 0.2) is 53.0 Å². The van der Waals surface area contributed by atoms with Crippen LogP contribution in [0.2, 0.25) is 0 Å². The molecule has 0 unspecified atom stereocenters. The lowest BCUT2D eigenvalue weighted by Crippen LogP contribution is -2.24. The third kappa shape index (κ3) is 5.53. The zero-order chi connectivity index (χ0) is 15.8. The minimum Gasteiger partial charge on any atom is -0.494 e. The molecule has 0 saturated heterocycles. The Hall–Kier alpha value is -1.81. The topological polar surface area (TPSA) is 38.3 Å². The van der Waals surface area contributed by atoms with Crippen LogP contribution < -0.4 is 10.1 Å². The van der Waals surface area contributed by atoms with Crippen molar-refractivity contribution >= 4 is 21.8 Å². The fraction of sp³-hybridized carbons (Fsp3) is 0.278. The van der Waals surface area contributed by atoms with Crippen molar-refractivity contribution in [3.8, 4) is 5.75 Å². The number of hydrogen-bond acceptors (Lipinski definition) is 2. The molecule has 116 valence electrons. The molecule has 0 atom stereocenters. The number of nitrogens with one attached hydrogen (secondary N) is 1. The van der Waals surface area contributed by atoms with E-state index < -0.39 is 0 Å². The molecule has 0 aliphatic rings. The predicted molar refractivity (Wildman–Crippen MR) is 92.4 cm³/mol. The summed E-state index contributed by atoms with van der Waals surface area (Å²) in [5.74, 6) is 0.858. The summed E-state index contributed by atoms with van der Waals surface area (Å²) in [5.41, 5.74) is 1.90. The second kappa shape index (κ2) is 8.59. The van der Waals surface area contributed by atoms with Gasteiger partial charge >= 0.3 is 0 Å². The Kier molecular flexibility index (Phi) is 6.46. The van der Waals surface area contributed by atoms with Crippen LogP contribution in [0.1, 0.15) is 28.8 Å². The van der Waals surface area contributed by atoms with Crippen LogP contribution >= 0.6 is 15.9 Å². The first-order valence-electron chi connectivity index (χ1n) is 7.38. The normalized spacial score (nSPS) is 10.3. The Bertz CT molecular complexity index is 593. The van der Waals surface area contributed by atoms with Gasteiger partial charge in [0.25, 0.3) is 5.91 Å². The molecule has 0 bridgehead atoms. The number of unbranched alkanes of at least 4 members (excludes halogenated alkanes) is 1. The summed E-state index contributed by atoms with van der Waals surface area (Å²) in [6.45, 7) is 3.38. The summed E-state index contributed by atoms with van der Waals surface area (Å²) in [5, 5.41) is 2.91. The molecule has 0 aliphatic heterocycles. The molecule has 2 aromatic rings. The van der Waals surface area contributed by atoms with E-state index in [0.717, 1.165) is 23.1 Å². The van der Waals surface area contributed by atoms with E-state index in [1.165, 1.54) is 5.56 Å². The van der Waals surface area contributed by atoms with Gasteiger partial charge in [-0.1, -0.05) is 33.6 Å². The largest absolute Gasteiger partial charge is 0.494 e. The molecule has 0 radical (unpaired) electrons. The molecule has 2 rings (SSSR count). The van der Waals surface area contributed by atoms with Crippen LogP contribution in [0.25, 0.3) is 0 Å². The Labute approximate surface area is 139 Å². The molecular weight excluding hydrogens is 342 g/mol. The minimum atomic E-state index is -0.0352. The highest BCUT2D eigenvalue weighted by Crippen LogP contribution is 2.12. The van der Waals surface area contributed by atoms with Gasteiger partial charge in [-0.2, -0.15) is 0 Å². The maximum absolute atomic E-state index is 11.9. The highest BCUT2D eigenvalue weighted by molar-refractivity contribution is 9.10. The van der Waals surface area contributed by atoms with Gasteiger partial charge in [-0.15, -0.1) is 0 Å². The molecule has 0 aliphatic carbocycles. The average molecular weight is 362 g/mol. The fourth-order valence-corrected chi connectivity index (χ4v) is 2.22. The van der Waals surface area contributed by atoms with Gasteiger partial charge < -0.3 is 10.1 Å². The first kappa shape index (κ1) is 16.6. The quantitative estimate of drug-likeness (QED) is 0.744. The average Bonchev–Trinajstić information content (AvgIpc) is 2.53. The van der Waals surface area contributed by atoms with E-state index in [1.807, 2.05) is 36.4 Å². The van der Waals surface area contributed by atoms with E-state index in [1.54, 1.807) is 12.1 Å². The molecule has 22 heavy (non-hydrogen) atoms. The molecular formula is C18H20BrNO2. The molecule has 2 aromatic carbocycles. The van der Waals surface area contributed by atoms with Crippen molar-refractivity contribution in [1.82, 2.24) is 5.32 Å². The van der Waals surface area contributed by atoms with E-state index in [0.29, 0.717) is 18.7 Å². The van der Waals surface area contributed by atoms with Crippen molar-refractivity contribution in [3.05, 3.63) is 64.1 Å². The first-order valence-corrected chi connectivity index (χ1v) is 8.18. The van der Waals surface area contributed by atoms with Crippen molar-refractivity contribution < 1.29 is 9.53 Å². The number of ether oxygens (including phenoxy) is 1. The fourth-order valence-electron chi connectivity index (χ4n) is 1.96. The lowest BCUT2D eigenvalue weighted by Gasteiger charge is -2.07. The van der Waals surface area contributed by atoms with Gasteiger partial charge in [0, 0.05) is 16.6 Å². The van der Waals surface area contributed by atoms with E-state index in [2.05, 4.69) is 28.2 Å². The van der Waals surface area contributed by atoms with E-state index in [9.17, 15) is 4.79 Å². The number of amides is 1. The van der Waals surface area contributed by atoms with Gasteiger partial charge in [0.2, 0.25) is 0 Å². The summed E-state index contributed by atoms with van der Waals surface area (Å²) in [6, 6.07) is 15.4. The van der Waals surface area contributed by atoms with Crippen LogP contribution in [0.3, 0.4) is 0 Å². The zero-order valence-electron chi connectivity index (χ0n) is 12.6. The predicted octanol–water partition coefficient (Wildman–Crippen LogP) is 4.35. The smallest absolute Gasteiger partial charge is 0.251 e. The highest BCUT2D eigenvalue weighted by Gasteiger charge is 2.03. The van der Waals surface area contributed by atoms with Gasteiger partial charge in [-0.25, -0.2) is 0 Å². The summed E-state index contributed by atoms with van der Waals surface area (Å²) in [6.07, 6.45) is 1.81. The molecule has 0 spiro atoms. The molecule has 0 heterocycles. The third-order valence-electron chi connectivity index (χ3n) is 3.25. The van der Waals surface area contributed by atoms with E-state index in [-0.39, 0.29) is 5.91 Å². The second-order valence-corrected chi connectivity index (χ2v) is 6.05. The van der Waals surface area contributed by atoms with Crippen molar-refractivity contribution in [2.24, 2.45) is 0 Å².